The third-order valence-electron chi connectivity index (χ3n) is 7.68. The van der Waals surface area contributed by atoms with E-state index in [9.17, 15) is 14.3 Å². The molecule has 2 N–H and O–H groups in total. The zero-order valence-electron chi connectivity index (χ0n) is 21.0. The highest BCUT2D eigenvalue weighted by Crippen LogP contribution is 2.43. The largest absolute Gasteiger partial charge is 0.492 e. The smallest absolute Gasteiger partial charge is 0.307 e. The monoisotopic (exact) mass is 515 g/mol. The third kappa shape index (κ3) is 4.94. The highest BCUT2D eigenvalue weighted by molar-refractivity contribution is 5.85. The summed E-state index contributed by atoms with van der Waals surface area (Å²) in [5.74, 6) is -3.01. The van der Waals surface area contributed by atoms with Crippen molar-refractivity contribution in [2.45, 2.75) is 32.4 Å². The van der Waals surface area contributed by atoms with Gasteiger partial charge in [0.25, 0.3) is 0 Å². The van der Waals surface area contributed by atoms with E-state index in [-0.39, 0.29) is 43.1 Å². The van der Waals surface area contributed by atoms with Crippen LogP contribution in [0, 0.1) is 23.5 Å². The first-order valence-corrected chi connectivity index (χ1v) is 12.7. The number of benzene rings is 2. The lowest BCUT2D eigenvalue weighted by Gasteiger charge is -2.42. The average Bonchev–Trinajstić information content (AvgIpc) is 3.19. The number of nitrogens with one attached hydrogen (secondary N) is 1. The number of fused-ring (bicyclic) bond motifs is 3. The molecular formula is C28H32F3N3O3. The van der Waals surface area contributed by atoms with Crippen molar-refractivity contribution in [1.82, 2.24) is 14.8 Å². The number of aliphatic carboxylic acids is 1. The van der Waals surface area contributed by atoms with Crippen molar-refractivity contribution in [1.29, 1.82) is 0 Å². The minimum Gasteiger partial charge on any atom is -0.492 e. The number of H-pyrrole nitrogens is 1. The molecule has 3 atom stereocenters. The van der Waals surface area contributed by atoms with Crippen LogP contribution in [0.1, 0.15) is 36.7 Å². The zero-order chi connectivity index (χ0) is 26.3. The molecule has 37 heavy (non-hydrogen) atoms. The summed E-state index contributed by atoms with van der Waals surface area (Å²) < 4.78 is 49.6. The second-order valence-electron chi connectivity index (χ2n) is 10.4. The van der Waals surface area contributed by atoms with Crippen LogP contribution < -0.4 is 4.74 Å². The molecule has 3 aromatic rings. The van der Waals surface area contributed by atoms with Crippen molar-refractivity contribution in [3.63, 3.8) is 0 Å². The maximum Gasteiger partial charge on any atom is 0.307 e. The van der Waals surface area contributed by atoms with Crippen molar-refractivity contribution in [3.05, 3.63) is 64.9 Å². The molecule has 1 fully saturated rings. The standard InChI is InChI=1S/C28H32F3N3O3/c1-16(28(35)36)13-34-17(2)9-21-20-5-3-4-6-24(20)32-26(21)27(34)25-22(30)10-19(11-23(25)31)37-8-7-33-14-18(12-29)15-33/h3-6,10-11,16-18,27,32H,7-9,12-15H2,1-2H3,(H,35,36)/t16-,17-,27-/m1/s1. The maximum atomic E-state index is 15.7. The highest BCUT2D eigenvalue weighted by Gasteiger charge is 2.40. The second-order valence-corrected chi connectivity index (χ2v) is 10.4. The fourth-order valence-corrected chi connectivity index (χ4v) is 5.65. The number of aromatic amines is 1. The van der Waals surface area contributed by atoms with Crippen molar-refractivity contribution in [2.24, 2.45) is 11.8 Å². The van der Waals surface area contributed by atoms with Gasteiger partial charge in [0, 0.05) is 72.4 Å². The van der Waals surface area contributed by atoms with Crippen LogP contribution in [-0.2, 0) is 11.2 Å². The predicted molar refractivity (Wildman–Crippen MR) is 135 cm³/mol. The van der Waals surface area contributed by atoms with Crippen LogP contribution in [0.3, 0.4) is 0 Å². The number of para-hydroxylation sites is 1. The number of hydrogen-bond acceptors (Lipinski definition) is 4. The predicted octanol–water partition coefficient (Wildman–Crippen LogP) is 4.78. The van der Waals surface area contributed by atoms with Gasteiger partial charge in [0.15, 0.2) is 0 Å². The van der Waals surface area contributed by atoms with Gasteiger partial charge in [0.2, 0.25) is 0 Å². The molecule has 0 spiro atoms. The molecule has 2 aromatic carbocycles. The Labute approximate surface area is 214 Å². The van der Waals surface area contributed by atoms with E-state index in [1.54, 1.807) is 6.92 Å². The fourth-order valence-electron chi connectivity index (χ4n) is 5.65. The summed E-state index contributed by atoms with van der Waals surface area (Å²) >= 11 is 0. The first-order chi connectivity index (χ1) is 17.8. The summed E-state index contributed by atoms with van der Waals surface area (Å²) in [6.45, 7) is 5.50. The zero-order valence-corrected chi connectivity index (χ0v) is 21.0. The molecule has 2 aliphatic heterocycles. The number of ether oxygens (including phenoxy) is 1. The number of aromatic nitrogens is 1. The molecule has 5 rings (SSSR count). The third-order valence-corrected chi connectivity index (χ3v) is 7.68. The first kappa shape index (κ1) is 25.6. The van der Waals surface area contributed by atoms with Crippen LogP contribution in [0.4, 0.5) is 13.2 Å². The minimum atomic E-state index is -0.960. The van der Waals surface area contributed by atoms with Gasteiger partial charge in [0.05, 0.1) is 18.6 Å². The summed E-state index contributed by atoms with van der Waals surface area (Å²) in [4.78, 5) is 19.0. The Balaban J connectivity index is 1.47. The van der Waals surface area contributed by atoms with Crippen molar-refractivity contribution in [2.75, 3.05) is 39.5 Å². The Morgan fingerprint density at radius 1 is 1.22 bits per heavy atom. The van der Waals surface area contributed by atoms with Gasteiger partial charge in [-0.1, -0.05) is 25.1 Å². The van der Waals surface area contributed by atoms with Crippen LogP contribution in [-0.4, -0.2) is 71.4 Å². The number of carbonyl (C=O) groups is 1. The lowest BCUT2D eigenvalue weighted by Crippen LogP contribution is -2.49. The highest BCUT2D eigenvalue weighted by atomic mass is 19.1. The van der Waals surface area contributed by atoms with E-state index in [0.29, 0.717) is 31.7 Å². The van der Waals surface area contributed by atoms with Gasteiger partial charge in [0.1, 0.15) is 24.0 Å². The maximum absolute atomic E-state index is 15.7. The van der Waals surface area contributed by atoms with E-state index in [1.165, 1.54) is 12.1 Å². The number of nitrogens with zero attached hydrogens (tertiary/aromatic N) is 2. The lowest BCUT2D eigenvalue weighted by molar-refractivity contribution is -0.142. The Hall–Kier alpha value is -3.04. The van der Waals surface area contributed by atoms with Gasteiger partial charge < -0.3 is 14.8 Å². The number of hydrogen-bond donors (Lipinski definition) is 2. The van der Waals surface area contributed by atoms with Gasteiger partial charge in [-0.2, -0.15) is 0 Å². The van der Waals surface area contributed by atoms with Gasteiger partial charge in [-0.15, -0.1) is 0 Å². The van der Waals surface area contributed by atoms with Gasteiger partial charge in [-0.25, -0.2) is 8.78 Å². The molecule has 1 aromatic heterocycles. The number of halogens is 3. The van der Waals surface area contributed by atoms with E-state index in [1.807, 2.05) is 41.0 Å². The molecule has 198 valence electrons. The SMILES string of the molecule is C[C@H](CN1[C@H](c2c(F)cc(OCCN3CC(CF)C3)cc2F)c2[nH]c3ccccc3c2C[C@H]1C)C(=O)O. The van der Waals surface area contributed by atoms with Gasteiger partial charge in [-0.3, -0.25) is 19.0 Å². The van der Waals surface area contributed by atoms with Crippen LogP contribution >= 0.6 is 0 Å². The first-order valence-electron chi connectivity index (χ1n) is 12.7. The number of likely N-dealkylation sites (tertiary alicyclic amines) is 1. The van der Waals surface area contributed by atoms with E-state index in [0.717, 1.165) is 16.5 Å². The lowest BCUT2D eigenvalue weighted by atomic mass is 9.87. The topological polar surface area (TPSA) is 68.8 Å². The van der Waals surface area contributed by atoms with E-state index >= 15 is 8.78 Å². The van der Waals surface area contributed by atoms with Crippen molar-refractivity contribution < 1.29 is 27.8 Å². The number of carboxylic acids is 1. The molecule has 0 amide bonds. The van der Waals surface area contributed by atoms with Crippen LogP contribution in [0.15, 0.2) is 36.4 Å². The Morgan fingerprint density at radius 3 is 2.59 bits per heavy atom. The Bertz CT molecular complexity index is 1270. The Morgan fingerprint density at radius 2 is 1.92 bits per heavy atom. The molecule has 2 aliphatic rings. The van der Waals surface area contributed by atoms with Crippen molar-refractivity contribution in [3.8, 4) is 5.75 Å². The summed E-state index contributed by atoms with van der Waals surface area (Å²) in [7, 11) is 0. The van der Waals surface area contributed by atoms with Crippen molar-refractivity contribution >= 4 is 16.9 Å². The molecule has 0 aliphatic carbocycles. The number of alkyl halides is 1. The fraction of sp³-hybridized carbons (Fsp3) is 0.464. The minimum absolute atomic E-state index is 0.0633. The molecular weight excluding hydrogens is 483 g/mol. The second kappa shape index (κ2) is 10.4. The molecule has 0 unspecified atom stereocenters. The summed E-state index contributed by atoms with van der Waals surface area (Å²) in [6, 6.07) is 9.18. The van der Waals surface area contributed by atoms with E-state index in [2.05, 4.69) is 4.98 Å². The molecule has 9 heteroatoms. The molecule has 0 radical (unpaired) electrons. The summed E-state index contributed by atoms with van der Waals surface area (Å²) in [5, 5.41) is 10.6. The van der Waals surface area contributed by atoms with E-state index < -0.39 is 29.6 Å². The quantitative estimate of drug-likeness (QED) is 0.429. The van der Waals surface area contributed by atoms with Crippen LogP contribution in [0.2, 0.25) is 0 Å². The molecule has 3 heterocycles. The molecule has 6 nitrogen and oxygen atoms in total. The van der Waals surface area contributed by atoms with Crippen LogP contribution in [0.5, 0.6) is 5.75 Å². The summed E-state index contributed by atoms with van der Waals surface area (Å²) in [6.07, 6.45) is 0.631. The molecule has 0 saturated carbocycles. The average molecular weight is 516 g/mol. The number of rotatable bonds is 9. The molecule has 0 bridgehead atoms. The molecule has 1 saturated heterocycles. The normalized spacial score (nSPS) is 21.5. The summed E-state index contributed by atoms with van der Waals surface area (Å²) in [5.41, 5.74) is 2.42. The van der Waals surface area contributed by atoms with E-state index in [4.69, 9.17) is 4.74 Å². The number of carboxylic acid groups (broad SMARTS) is 1. The van der Waals surface area contributed by atoms with Gasteiger partial charge >= 0.3 is 5.97 Å². The Kier molecular flexibility index (Phi) is 7.18. The van der Waals surface area contributed by atoms with Gasteiger partial charge in [-0.05, 0) is 25.0 Å². The van der Waals surface area contributed by atoms with Crippen LogP contribution in [0.25, 0.3) is 10.9 Å².